The van der Waals surface area contributed by atoms with Crippen molar-refractivity contribution in [2.45, 2.75) is 18.9 Å². The topological polar surface area (TPSA) is 48.0 Å². The minimum Gasteiger partial charge on any atom is -0.490 e. The van der Waals surface area contributed by atoms with Crippen LogP contribution in [0.25, 0.3) is 0 Å². The van der Waals surface area contributed by atoms with Gasteiger partial charge in [0.15, 0.2) is 11.5 Å². The molecule has 1 fully saturated rings. The van der Waals surface area contributed by atoms with E-state index in [2.05, 4.69) is 0 Å². The predicted octanol–water partition coefficient (Wildman–Crippen LogP) is 3.75. The van der Waals surface area contributed by atoms with E-state index in [-0.39, 0.29) is 18.8 Å². The number of benzene rings is 2. The number of carbonyl (C=O) groups is 1. The molecule has 0 aliphatic carbocycles. The zero-order chi connectivity index (χ0) is 17.2. The maximum atomic E-state index is 12.7. The molecule has 2 aliphatic rings. The lowest BCUT2D eigenvalue weighted by atomic mass is 10.1. The number of hydrogen-bond donors (Lipinski definition) is 0. The van der Waals surface area contributed by atoms with Gasteiger partial charge in [0.2, 0.25) is 6.79 Å². The Morgan fingerprint density at radius 1 is 1.08 bits per heavy atom. The third-order valence-corrected chi connectivity index (χ3v) is 4.68. The lowest BCUT2D eigenvalue weighted by molar-refractivity contribution is 0.0595. The summed E-state index contributed by atoms with van der Waals surface area (Å²) in [5.74, 6) is 2.10. The number of ether oxygens (including phenoxy) is 3. The molecule has 130 valence electrons. The van der Waals surface area contributed by atoms with Crippen LogP contribution in [-0.4, -0.2) is 36.8 Å². The fourth-order valence-electron chi connectivity index (χ4n) is 3.12. The lowest BCUT2D eigenvalue weighted by Gasteiger charge is -2.32. The summed E-state index contributed by atoms with van der Waals surface area (Å²) in [6, 6.07) is 12.7. The number of fused-ring (bicyclic) bond motifs is 1. The fraction of sp³-hybridized carbons (Fsp3) is 0.316. The molecule has 0 saturated carbocycles. The van der Waals surface area contributed by atoms with Crippen LogP contribution in [0.2, 0.25) is 5.02 Å². The second-order valence-corrected chi connectivity index (χ2v) is 6.57. The third-order valence-electron chi connectivity index (χ3n) is 4.45. The van der Waals surface area contributed by atoms with Crippen LogP contribution in [0.3, 0.4) is 0 Å². The minimum absolute atomic E-state index is 0.0134. The van der Waals surface area contributed by atoms with E-state index in [0.29, 0.717) is 35.2 Å². The van der Waals surface area contributed by atoms with Crippen molar-refractivity contribution in [2.75, 3.05) is 19.9 Å². The first-order valence-corrected chi connectivity index (χ1v) is 8.68. The Balaban J connectivity index is 1.36. The molecule has 5 nitrogen and oxygen atoms in total. The summed E-state index contributed by atoms with van der Waals surface area (Å²) in [4.78, 5) is 14.5. The molecule has 4 rings (SSSR count). The average molecular weight is 360 g/mol. The van der Waals surface area contributed by atoms with Gasteiger partial charge in [-0.15, -0.1) is 0 Å². The van der Waals surface area contributed by atoms with Crippen molar-refractivity contribution < 1.29 is 19.0 Å². The molecule has 1 amide bonds. The van der Waals surface area contributed by atoms with E-state index >= 15 is 0 Å². The summed E-state index contributed by atoms with van der Waals surface area (Å²) >= 11 is 5.98. The molecule has 0 radical (unpaired) electrons. The van der Waals surface area contributed by atoms with E-state index in [1.807, 2.05) is 29.2 Å². The molecule has 0 unspecified atom stereocenters. The molecule has 2 aromatic carbocycles. The first kappa shape index (κ1) is 16.1. The normalized spacial score (nSPS) is 16.8. The van der Waals surface area contributed by atoms with Crippen LogP contribution in [0.1, 0.15) is 23.2 Å². The summed E-state index contributed by atoms with van der Waals surface area (Å²) < 4.78 is 16.6. The second-order valence-electron chi connectivity index (χ2n) is 6.13. The van der Waals surface area contributed by atoms with Gasteiger partial charge < -0.3 is 19.1 Å². The van der Waals surface area contributed by atoms with Crippen LogP contribution in [0.4, 0.5) is 0 Å². The van der Waals surface area contributed by atoms with Crippen LogP contribution in [-0.2, 0) is 0 Å². The summed E-state index contributed by atoms with van der Waals surface area (Å²) in [5, 5.41) is 0.660. The van der Waals surface area contributed by atoms with Gasteiger partial charge in [0.25, 0.3) is 5.91 Å². The smallest absolute Gasteiger partial charge is 0.253 e. The Bertz CT molecular complexity index is 787. The predicted molar refractivity (Wildman–Crippen MR) is 93.6 cm³/mol. The molecule has 0 bridgehead atoms. The van der Waals surface area contributed by atoms with Crippen molar-refractivity contribution in [3.05, 3.63) is 53.1 Å². The average Bonchev–Trinajstić information content (AvgIpc) is 3.09. The van der Waals surface area contributed by atoms with E-state index in [1.54, 1.807) is 18.2 Å². The Labute approximate surface area is 151 Å². The standard InChI is InChI=1S/C19H18ClNO4/c20-14-2-1-3-16(11-14)25-15-6-8-21(9-7-15)19(22)13-4-5-17-18(10-13)24-12-23-17/h1-5,10-11,15H,6-9,12H2. The first-order chi connectivity index (χ1) is 12.2. The van der Waals surface area contributed by atoms with Crippen molar-refractivity contribution >= 4 is 17.5 Å². The van der Waals surface area contributed by atoms with Crippen LogP contribution in [0.15, 0.2) is 42.5 Å². The number of amides is 1. The maximum absolute atomic E-state index is 12.7. The molecule has 0 atom stereocenters. The molecule has 6 heteroatoms. The summed E-state index contributed by atoms with van der Waals surface area (Å²) in [7, 11) is 0. The van der Waals surface area contributed by atoms with Crippen molar-refractivity contribution in [2.24, 2.45) is 0 Å². The van der Waals surface area contributed by atoms with Crippen molar-refractivity contribution in [3.8, 4) is 17.2 Å². The summed E-state index contributed by atoms with van der Waals surface area (Å²) in [6.07, 6.45) is 1.69. The SMILES string of the molecule is O=C(c1ccc2c(c1)OCO2)N1CCC(Oc2cccc(Cl)c2)CC1. The van der Waals surface area contributed by atoms with Gasteiger partial charge in [0.1, 0.15) is 11.9 Å². The van der Waals surface area contributed by atoms with Gasteiger partial charge in [-0.05, 0) is 36.4 Å². The fourth-order valence-corrected chi connectivity index (χ4v) is 3.30. The van der Waals surface area contributed by atoms with Crippen LogP contribution in [0.5, 0.6) is 17.2 Å². The van der Waals surface area contributed by atoms with Crippen LogP contribution in [0, 0.1) is 0 Å². The summed E-state index contributed by atoms with van der Waals surface area (Å²) in [5.41, 5.74) is 0.624. The van der Waals surface area contributed by atoms with Crippen molar-refractivity contribution in [3.63, 3.8) is 0 Å². The number of rotatable bonds is 3. The number of likely N-dealkylation sites (tertiary alicyclic amines) is 1. The first-order valence-electron chi connectivity index (χ1n) is 8.30. The molecule has 0 N–H and O–H groups in total. The summed E-state index contributed by atoms with van der Waals surface area (Å²) in [6.45, 7) is 1.54. The van der Waals surface area contributed by atoms with E-state index in [1.165, 1.54) is 0 Å². The van der Waals surface area contributed by atoms with Gasteiger partial charge in [-0.25, -0.2) is 0 Å². The quantitative estimate of drug-likeness (QED) is 0.837. The lowest BCUT2D eigenvalue weighted by Crippen LogP contribution is -2.41. The molecule has 2 heterocycles. The van der Waals surface area contributed by atoms with E-state index in [4.69, 9.17) is 25.8 Å². The highest BCUT2D eigenvalue weighted by Gasteiger charge is 2.26. The number of carbonyl (C=O) groups excluding carboxylic acids is 1. The molecule has 0 aromatic heterocycles. The van der Waals surface area contributed by atoms with Gasteiger partial charge in [0, 0.05) is 36.5 Å². The molecule has 1 saturated heterocycles. The van der Waals surface area contributed by atoms with Crippen molar-refractivity contribution in [1.29, 1.82) is 0 Å². The zero-order valence-electron chi connectivity index (χ0n) is 13.6. The van der Waals surface area contributed by atoms with E-state index < -0.39 is 0 Å². The van der Waals surface area contributed by atoms with Crippen LogP contribution < -0.4 is 14.2 Å². The Hall–Kier alpha value is -2.40. The number of nitrogens with zero attached hydrogens (tertiary/aromatic N) is 1. The highest BCUT2D eigenvalue weighted by atomic mass is 35.5. The second kappa shape index (κ2) is 6.84. The highest BCUT2D eigenvalue weighted by Crippen LogP contribution is 2.33. The molecular weight excluding hydrogens is 342 g/mol. The molecule has 25 heavy (non-hydrogen) atoms. The van der Waals surface area contributed by atoms with Gasteiger partial charge in [0.05, 0.1) is 0 Å². The molecule has 2 aliphatic heterocycles. The van der Waals surface area contributed by atoms with Gasteiger partial charge in [-0.3, -0.25) is 4.79 Å². The highest BCUT2D eigenvalue weighted by molar-refractivity contribution is 6.30. The van der Waals surface area contributed by atoms with Crippen molar-refractivity contribution in [1.82, 2.24) is 4.90 Å². The van der Waals surface area contributed by atoms with E-state index in [0.717, 1.165) is 18.6 Å². The van der Waals surface area contributed by atoms with Crippen LogP contribution >= 0.6 is 11.6 Å². The zero-order valence-corrected chi connectivity index (χ0v) is 14.4. The van der Waals surface area contributed by atoms with Gasteiger partial charge in [-0.2, -0.15) is 0 Å². The molecular formula is C19H18ClNO4. The number of piperidine rings is 1. The van der Waals surface area contributed by atoms with E-state index in [9.17, 15) is 4.79 Å². The molecule has 0 spiro atoms. The Morgan fingerprint density at radius 3 is 2.68 bits per heavy atom. The number of halogens is 1. The number of hydrogen-bond acceptors (Lipinski definition) is 4. The minimum atomic E-state index is 0.0134. The third kappa shape index (κ3) is 3.51. The maximum Gasteiger partial charge on any atom is 0.253 e. The Morgan fingerprint density at radius 2 is 1.88 bits per heavy atom. The monoisotopic (exact) mass is 359 g/mol. The van der Waals surface area contributed by atoms with Gasteiger partial charge in [-0.1, -0.05) is 17.7 Å². The molecule has 2 aromatic rings. The largest absolute Gasteiger partial charge is 0.490 e. The Kier molecular flexibility index (Phi) is 4.40. The van der Waals surface area contributed by atoms with Gasteiger partial charge >= 0.3 is 0 Å².